The minimum Gasteiger partial charge on any atom is -0.497 e. The molecule has 1 unspecified atom stereocenters. The molecular formula is C16H15ClN4O2. The van der Waals surface area contributed by atoms with E-state index >= 15 is 0 Å². The van der Waals surface area contributed by atoms with Crippen LogP contribution in [-0.2, 0) is 4.74 Å². The SMILES string of the molecule is COc1cc(C2CCO2)nc(-n2nc(C)c3cnc(Cl)cc32)c1. The van der Waals surface area contributed by atoms with E-state index < -0.39 is 0 Å². The van der Waals surface area contributed by atoms with Crippen molar-refractivity contribution in [2.45, 2.75) is 19.4 Å². The summed E-state index contributed by atoms with van der Waals surface area (Å²) in [6.07, 6.45) is 2.72. The second-order valence-electron chi connectivity index (χ2n) is 5.46. The third-order valence-corrected chi connectivity index (χ3v) is 4.21. The van der Waals surface area contributed by atoms with Crippen molar-refractivity contribution >= 4 is 22.5 Å². The molecule has 0 aliphatic carbocycles. The summed E-state index contributed by atoms with van der Waals surface area (Å²) in [6.45, 7) is 2.70. The van der Waals surface area contributed by atoms with Crippen LogP contribution in [0.5, 0.6) is 5.75 Å². The number of methoxy groups -OCH3 is 1. The molecule has 7 heteroatoms. The van der Waals surface area contributed by atoms with Crippen molar-refractivity contribution < 1.29 is 9.47 Å². The summed E-state index contributed by atoms with van der Waals surface area (Å²) < 4.78 is 12.7. The van der Waals surface area contributed by atoms with Gasteiger partial charge in [-0.25, -0.2) is 14.6 Å². The maximum absolute atomic E-state index is 6.04. The van der Waals surface area contributed by atoms with Gasteiger partial charge in [-0.2, -0.15) is 5.10 Å². The lowest BCUT2D eigenvalue weighted by atomic mass is 10.1. The van der Waals surface area contributed by atoms with Gasteiger partial charge in [0, 0.05) is 36.2 Å². The van der Waals surface area contributed by atoms with Crippen LogP contribution >= 0.6 is 11.6 Å². The number of hydrogen-bond acceptors (Lipinski definition) is 5. The highest BCUT2D eigenvalue weighted by Gasteiger charge is 2.23. The Labute approximate surface area is 138 Å². The number of aryl methyl sites for hydroxylation is 1. The Morgan fingerprint density at radius 3 is 2.87 bits per heavy atom. The fourth-order valence-electron chi connectivity index (χ4n) is 2.68. The van der Waals surface area contributed by atoms with E-state index in [0.29, 0.717) is 11.0 Å². The molecule has 4 rings (SSSR count). The monoisotopic (exact) mass is 330 g/mol. The van der Waals surface area contributed by atoms with Gasteiger partial charge in [0.2, 0.25) is 0 Å². The van der Waals surface area contributed by atoms with Crippen LogP contribution in [0.25, 0.3) is 16.7 Å². The minimum atomic E-state index is 0.0250. The summed E-state index contributed by atoms with van der Waals surface area (Å²) in [5.41, 5.74) is 2.59. The molecule has 0 aromatic carbocycles. The topological polar surface area (TPSA) is 62.1 Å². The molecule has 1 aliphatic heterocycles. The van der Waals surface area contributed by atoms with E-state index in [1.807, 2.05) is 19.1 Å². The van der Waals surface area contributed by atoms with Crippen LogP contribution in [-0.4, -0.2) is 33.5 Å². The maximum Gasteiger partial charge on any atom is 0.158 e. The Balaban J connectivity index is 1.91. The zero-order valence-electron chi connectivity index (χ0n) is 12.8. The van der Waals surface area contributed by atoms with Crippen molar-refractivity contribution in [3.8, 4) is 11.6 Å². The molecule has 0 N–H and O–H groups in total. The first-order valence-electron chi connectivity index (χ1n) is 7.34. The van der Waals surface area contributed by atoms with Crippen molar-refractivity contribution in [2.75, 3.05) is 13.7 Å². The largest absolute Gasteiger partial charge is 0.497 e. The number of aromatic nitrogens is 4. The molecule has 23 heavy (non-hydrogen) atoms. The maximum atomic E-state index is 6.04. The lowest BCUT2D eigenvalue weighted by molar-refractivity contribution is -0.0553. The molecule has 1 aliphatic rings. The summed E-state index contributed by atoms with van der Waals surface area (Å²) in [4.78, 5) is 8.82. The first-order chi connectivity index (χ1) is 11.2. The molecule has 1 saturated heterocycles. The Hall–Kier alpha value is -2.18. The molecule has 4 heterocycles. The molecule has 6 nitrogen and oxygen atoms in total. The first kappa shape index (κ1) is 14.4. The molecule has 3 aromatic rings. The zero-order valence-corrected chi connectivity index (χ0v) is 13.5. The fourth-order valence-corrected chi connectivity index (χ4v) is 2.83. The highest BCUT2D eigenvalue weighted by molar-refractivity contribution is 6.30. The second-order valence-corrected chi connectivity index (χ2v) is 5.85. The van der Waals surface area contributed by atoms with Crippen LogP contribution in [0, 0.1) is 6.92 Å². The number of pyridine rings is 2. The Kier molecular flexibility index (Phi) is 3.43. The van der Waals surface area contributed by atoms with Crippen LogP contribution in [0.1, 0.15) is 23.9 Å². The predicted octanol–water partition coefficient (Wildman–Crippen LogP) is 3.25. The molecule has 0 bridgehead atoms. The lowest BCUT2D eigenvalue weighted by Crippen LogP contribution is -2.20. The van der Waals surface area contributed by atoms with Crippen LogP contribution in [0.15, 0.2) is 24.4 Å². The van der Waals surface area contributed by atoms with Crippen molar-refractivity contribution in [3.63, 3.8) is 0 Å². The number of nitrogens with zero attached hydrogens (tertiary/aromatic N) is 4. The average molecular weight is 331 g/mol. The average Bonchev–Trinajstić information content (AvgIpc) is 2.81. The summed E-state index contributed by atoms with van der Waals surface area (Å²) in [5.74, 6) is 1.40. The van der Waals surface area contributed by atoms with Gasteiger partial charge in [0.1, 0.15) is 17.0 Å². The normalized spacial score (nSPS) is 17.3. The van der Waals surface area contributed by atoms with Gasteiger partial charge in [-0.05, 0) is 6.92 Å². The summed E-state index contributed by atoms with van der Waals surface area (Å²) in [7, 11) is 1.64. The molecule has 0 saturated carbocycles. The summed E-state index contributed by atoms with van der Waals surface area (Å²) >= 11 is 6.04. The van der Waals surface area contributed by atoms with E-state index in [1.54, 1.807) is 24.1 Å². The quantitative estimate of drug-likeness (QED) is 0.690. The van der Waals surface area contributed by atoms with Gasteiger partial charge < -0.3 is 9.47 Å². The molecular weight excluding hydrogens is 316 g/mol. The molecule has 1 fully saturated rings. The fraction of sp³-hybridized carbons (Fsp3) is 0.312. The van der Waals surface area contributed by atoms with Crippen LogP contribution < -0.4 is 4.74 Å². The van der Waals surface area contributed by atoms with Gasteiger partial charge in [0.25, 0.3) is 0 Å². The second kappa shape index (κ2) is 5.47. The Bertz CT molecular complexity index is 889. The molecule has 118 valence electrons. The van der Waals surface area contributed by atoms with Gasteiger partial charge in [-0.1, -0.05) is 11.6 Å². The van der Waals surface area contributed by atoms with E-state index in [0.717, 1.165) is 41.1 Å². The van der Waals surface area contributed by atoms with Crippen LogP contribution in [0.3, 0.4) is 0 Å². The van der Waals surface area contributed by atoms with Crippen LogP contribution in [0.4, 0.5) is 0 Å². The van der Waals surface area contributed by atoms with Crippen molar-refractivity contribution in [1.29, 1.82) is 0 Å². The smallest absolute Gasteiger partial charge is 0.158 e. The van der Waals surface area contributed by atoms with Crippen molar-refractivity contribution in [2.24, 2.45) is 0 Å². The predicted molar refractivity (Wildman–Crippen MR) is 86.3 cm³/mol. The van der Waals surface area contributed by atoms with Gasteiger partial charge >= 0.3 is 0 Å². The molecule has 3 aromatic heterocycles. The van der Waals surface area contributed by atoms with Gasteiger partial charge in [0.15, 0.2) is 5.82 Å². The van der Waals surface area contributed by atoms with E-state index in [2.05, 4.69) is 10.1 Å². The molecule has 0 spiro atoms. The molecule has 0 radical (unpaired) electrons. The Morgan fingerprint density at radius 2 is 2.17 bits per heavy atom. The van der Waals surface area contributed by atoms with Crippen molar-refractivity contribution in [3.05, 3.63) is 40.9 Å². The van der Waals surface area contributed by atoms with Gasteiger partial charge in [0.05, 0.1) is 30.6 Å². The molecule has 1 atom stereocenters. The summed E-state index contributed by atoms with van der Waals surface area (Å²) in [6, 6.07) is 5.54. The highest BCUT2D eigenvalue weighted by Crippen LogP contribution is 2.32. The standard InChI is InChI=1S/C16H15ClN4O2/c1-9-11-8-18-15(17)7-13(11)21(20-9)16-6-10(22-2)5-12(19-16)14-3-4-23-14/h5-8,14H,3-4H2,1-2H3. The first-order valence-corrected chi connectivity index (χ1v) is 7.72. The number of hydrogen-bond donors (Lipinski definition) is 0. The number of fused-ring (bicyclic) bond motifs is 1. The number of halogens is 1. The van der Waals surface area contributed by atoms with E-state index in [4.69, 9.17) is 26.1 Å². The third kappa shape index (κ3) is 2.44. The van der Waals surface area contributed by atoms with Crippen LogP contribution in [0.2, 0.25) is 5.15 Å². The number of rotatable bonds is 3. The summed E-state index contributed by atoms with van der Waals surface area (Å²) in [5, 5.41) is 5.95. The van der Waals surface area contributed by atoms with E-state index in [9.17, 15) is 0 Å². The lowest BCUT2D eigenvalue weighted by Gasteiger charge is -2.26. The molecule has 0 amide bonds. The zero-order chi connectivity index (χ0) is 16.0. The van der Waals surface area contributed by atoms with Gasteiger partial charge in [-0.15, -0.1) is 0 Å². The number of ether oxygens (including phenoxy) is 2. The highest BCUT2D eigenvalue weighted by atomic mass is 35.5. The van der Waals surface area contributed by atoms with Gasteiger partial charge in [-0.3, -0.25) is 0 Å². The van der Waals surface area contributed by atoms with E-state index in [1.165, 1.54) is 0 Å². The minimum absolute atomic E-state index is 0.0250. The third-order valence-electron chi connectivity index (χ3n) is 4.00. The van der Waals surface area contributed by atoms with Crippen molar-refractivity contribution in [1.82, 2.24) is 19.7 Å². The Morgan fingerprint density at radius 1 is 1.35 bits per heavy atom. The van der Waals surface area contributed by atoms with E-state index in [-0.39, 0.29) is 6.10 Å².